The van der Waals surface area contributed by atoms with Gasteiger partial charge in [0.2, 0.25) is 0 Å². The molecular weight excluding hydrogens is 148 g/mol. The Morgan fingerprint density at radius 1 is 1.25 bits per heavy atom. The molecule has 1 aliphatic rings. The van der Waals surface area contributed by atoms with Crippen molar-refractivity contribution in [2.45, 2.75) is 39.0 Å². The zero-order valence-electron chi connectivity index (χ0n) is 7.84. The van der Waals surface area contributed by atoms with Gasteiger partial charge >= 0.3 is 0 Å². The fourth-order valence-corrected chi connectivity index (χ4v) is 2.03. The van der Waals surface area contributed by atoms with Crippen LogP contribution in [0.3, 0.4) is 0 Å². The van der Waals surface area contributed by atoms with Crippen LogP contribution in [0.2, 0.25) is 0 Å². The van der Waals surface area contributed by atoms with E-state index >= 15 is 0 Å². The fraction of sp³-hybridized carbons (Fsp3) is 0.900. The molecule has 12 heavy (non-hydrogen) atoms. The smallest absolute Gasteiger partial charge is 0.176 e. The summed E-state index contributed by atoms with van der Waals surface area (Å²) in [6, 6.07) is 0. The van der Waals surface area contributed by atoms with Crippen LogP contribution in [-0.4, -0.2) is 6.54 Å². The molecule has 0 aromatic heterocycles. The van der Waals surface area contributed by atoms with Gasteiger partial charge in [-0.05, 0) is 24.7 Å². The minimum atomic E-state index is 0.757. The van der Waals surface area contributed by atoms with Crippen molar-refractivity contribution in [3.05, 3.63) is 0 Å². The third kappa shape index (κ3) is 2.73. The molecule has 0 heterocycles. The van der Waals surface area contributed by atoms with Gasteiger partial charge in [0.05, 0.1) is 0 Å². The zero-order valence-corrected chi connectivity index (χ0v) is 7.84. The van der Waals surface area contributed by atoms with E-state index in [4.69, 9.17) is 5.26 Å². The first-order valence-electron chi connectivity index (χ1n) is 4.98. The summed E-state index contributed by atoms with van der Waals surface area (Å²) in [5.41, 5.74) is 0. The summed E-state index contributed by atoms with van der Waals surface area (Å²) in [7, 11) is 0. The summed E-state index contributed by atoms with van der Waals surface area (Å²) in [5, 5.41) is 11.1. The first kappa shape index (κ1) is 9.38. The summed E-state index contributed by atoms with van der Waals surface area (Å²) in [4.78, 5) is 0. The number of rotatable bonds is 3. The lowest BCUT2D eigenvalue weighted by molar-refractivity contribution is 0.268. The highest BCUT2D eigenvalue weighted by atomic mass is 14.8. The van der Waals surface area contributed by atoms with Crippen LogP contribution in [0.4, 0.5) is 0 Å². The maximum atomic E-state index is 8.33. The highest BCUT2D eigenvalue weighted by Crippen LogP contribution is 2.29. The molecule has 2 nitrogen and oxygen atoms in total. The molecule has 1 rings (SSSR count). The van der Waals surface area contributed by atoms with Crippen molar-refractivity contribution >= 4 is 0 Å². The van der Waals surface area contributed by atoms with Gasteiger partial charge in [0, 0.05) is 6.54 Å². The summed E-state index contributed by atoms with van der Waals surface area (Å²) in [5.74, 6) is 1.72. The highest BCUT2D eigenvalue weighted by molar-refractivity contribution is 4.76. The maximum absolute atomic E-state index is 8.33. The van der Waals surface area contributed by atoms with Crippen LogP contribution in [0.15, 0.2) is 0 Å². The van der Waals surface area contributed by atoms with Gasteiger partial charge in [-0.2, -0.15) is 5.26 Å². The monoisotopic (exact) mass is 166 g/mol. The van der Waals surface area contributed by atoms with E-state index in [2.05, 4.69) is 12.2 Å². The largest absolute Gasteiger partial charge is 0.324 e. The number of nitrogens with one attached hydrogen (secondary N) is 1. The molecule has 1 saturated carbocycles. The predicted octanol–water partition coefficient (Wildman–Crippen LogP) is 2.27. The zero-order chi connectivity index (χ0) is 8.81. The van der Waals surface area contributed by atoms with E-state index in [1.165, 1.54) is 32.1 Å². The van der Waals surface area contributed by atoms with Crippen LogP contribution >= 0.6 is 0 Å². The molecule has 0 saturated heterocycles. The molecule has 0 aromatic rings. The van der Waals surface area contributed by atoms with Gasteiger partial charge in [-0.1, -0.05) is 26.2 Å². The highest BCUT2D eigenvalue weighted by Gasteiger charge is 2.19. The Bertz CT molecular complexity index is 152. The molecule has 0 spiro atoms. The molecule has 68 valence electrons. The van der Waals surface area contributed by atoms with E-state index < -0.39 is 0 Å². The number of nitriles is 1. The molecular formula is C10H18N2. The first-order valence-corrected chi connectivity index (χ1v) is 4.98. The summed E-state index contributed by atoms with van der Waals surface area (Å²) in [6.45, 7) is 3.17. The van der Waals surface area contributed by atoms with Crippen LogP contribution in [0, 0.1) is 23.3 Å². The van der Waals surface area contributed by atoms with Crippen molar-refractivity contribution in [1.82, 2.24) is 5.32 Å². The van der Waals surface area contributed by atoms with Crippen molar-refractivity contribution in [2.75, 3.05) is 6.54 Å². The van der Waals surface area contributed by atoms with Crippen molar-refractivity contribution in [1.29, 1.82) is 5.26 Å². The van der Waals surface area contributed by atoms with E-state index in [0.717, 1.165) is 18.4 Å². The lowest BCUT2D eigenvalue weighted by Gasteiger charge is -2.27. The summed E-state index contributed by atoms with van der Waals surface area (Å²) >= 11 is 0. The fourth-order valence-electron chi connectivity index (χ4n) is 2.03. The second-order valence-corrected chi connectivity index (χ2v) is 3.79. The topological polar surface area (TPSA) is 35.8 Å². The van der Waals surface area contributed by atoms with Crippen LogP contribution in [0.1, 0.15) is 39.0 Å². The lowest BCUT2D eigenvalue weighted by atomic mass is 9.81. The van der Waals surface area contributed by atoms with Gasteiger partial charge in [0.25, 0.3) is 0 Å². The third-order valence-electron chi connectivity index (χ3n) is 3.01. The Morgan fingerprint density at radius 3 is 2.33 bits per heavy atom. The Balaban J connectivity index is 2.14. The summed E-state index contributed by atoms with van der Waals surface area (Å²) in [6.07, 6.45) is 8.69. The van der Waals surface area contributed by atoms with E-state index in [9.17, 15) is 0 Å². The predicted molar refractivity (Wildman–Crippen MR) is 49.4 cm³/mol. The summed E-state index contributed by atoms with van der Waals surface area (Å²) < 4.78 is 0. The van der Waals surface area contributed by atoms with Crippen molar-refractivity contribution in [3.8, 4) is 6.19 Å². The van der Waals surface area contributed by atoms with Crippen LogP contribution in [0.5, 0.6) is 0 Å². The average Bonchev–Trinajstić information content (AvgIpc) is 2.15. The van der Waals surface area contributed by atoms with Crippen LogP contribution in [0.25, 0.3) is 0 Å². The van der Waals surface area contributed by atoms with Gasteiger partial charge in [0.15, 0.2) is 6.19 Å². The third-order valence-corrected chi connectivity index (χ3v) is 3.01. The maximum Gasteiger partial charge on any atom is 0.176 e. The molecule has 1 N–H and O–H groups in total. The number of nitrogens with zero attached hydrogens (tertiary/aromatic N) is 1. The number of hydrogen-bond acceptors (Lipinski definition) is 2. The molecule has 0 amide bonds. The van der Waals surface area contributed by atoms with E-state index in [-0.39, 0.29) is 0 Å². The van der Waals surface area contributed by atoms with E-state index in [0.29, 0.717) is 0 Å². The quantitative estimate of drug-likeness (QED) is 0.515. The van der Waals surface area contributed by atoms with E-state index in [1.54, 1.807) is 0 Å². The second-order valence-electron chi connectivity index (χ2n) is 3.79. The van der Waals surface area contributed by atoms with Crippen LogP contribution in [-0.2, 0) is 0 Å². The minimum absolute atomic E-state index is 0.757. The Kier molecular flexibility index (Phi) is 3.93. The molecule has 1 fully saturated rings. The number of hydrogen-bond donors (Lipinski definition) is 1. The molecule has 0 aliphatic heterocycles. The van der Waals surface area contributed by atoms with Crippen molar-refractivity contribution < 1.29 is 0 Å². The van der Waals surface area contributed by atoms with Gasteiger partial charge < -0.3 is 5.32 Å². The molecule has 1 aliphatic carbocycles. The van der Waals surface area contributed by atoms with Crippen LogP contribution < -0.4 is 5.32 Å². The Hall–Kier alpha value is -0.710. The molecule has 0 unspecified atom stereocenters. The second kappa shape index (κ2) is 5.03. The normalized spacial score (nSPS) is 29.3. The average molecular weight is 166 g/mol. The minimum Gasteiger partial charge on any atom is -0.324 e. The van der Waals surface area contributed by atoms with Gasteiger partial charge in [-0.15, -0.1) is 0 Å². The molecule has 0 radical (unpaired) electrons. The SMILES string of the molecule is CCC1CCC(CNC#N)CC1. The molecule has 0 atom stereocenters. The van der Waals surface area contributed by atoms with Gasteiger partial charge in [0.1, 0.15) is 0 Å². The van der Waals surface area contributed by atoms with Crippen molar-refractivity contribution in [2.24, 2.45) is 11.8 Å². The molecule has 0 aromatic carbocycles. The van der Waals surface area contributed by atoms with Gasteiger partial charge in [-0.3, -0.25) is 0 Å². The Morgan fingerprint density at radius 2 is 1.83 bits per heavy atom. The van der Waals surface area contributed by atoms with Crippen molar-refractivity contribution in [3.63, 3.8) is 0 Å². The lowest BCUT2D eigenvalue weighted by Crippen LogP contribution is -2.23. The Labute approximate surface area is 75.0 Å². The first-order chi connectivity index (χ1) is 5.86. The van der Waals surface area contributed by atoms with E-state index in [1.807, 2.05) is 6.19 Å². The molecule has 2 heteroatoms. The van der Waals surface area contributed by atoms with Gasteiger partial charge in [-0.25, -0.2) is 0 Å². The standard InChI is InChI=1S/C10H18N2/c1-2-9-3-5-10(6-4-9)7-12-8-11/h9-10,12H,2-7H2,1H3. The molecule has 0 bridgehead atoms.